The summed E-state index contributed by atoms with van der Waals surface area (Å²) in [5.41, 5.74) is 2.27. The monoisotopic (exact) mass is 475 g/mol. The highest BCUT2D eigenvalue weighted by Gasteiger charge is 2.39. The van der Waals surface area contributed by atoms with Gasteiger partial charge in [0.1, 0.15) is 6.04 Å². The van der Waals surface area contributed by atoms with Crippen LogP contribution in [0.15, 0.2) is 54.6 Å². The second kappa shape index (κ2) is 11.6. The lowest BCUT2D eigenvalue weighted by Crippen LogP contribution is -2.55. The normalized spacial score (nSPS) is 20.3. The molecule has 1 saturated heterocycles. The third kappa shape index (κ3) is 5.81. The largest absolute Gasteiger partial charge is 0.343 e. The molecule has 1 heterocycles. The van der Waals surface area contributed by atoms with Gasteiger partial charge in [0.05, 0.1) is 12.1 Å². The lowest BCUT2D eigenvalue weighted by Gasteiger charge is -2.35. The van der Waals surface area contributed by atoms with E-state index in [1.165, 1.54) is 6.42 Å². The third-order valence-corrected chi connectivity index (χ3v) is 7.62. The highest BCUT2D eigenvalue weighted by molar-refractivity contribution is 6.09. The van der Waals surface area contributed by atoms with Crippen LogP contribution >= 0.6 is 0 Å². The molecule has 6 heteroatoms. The molecule has 2 N–H and O–H groups in total. The summed E-state index contributed by atoms with van der Waals surface area (Å²) < 4.78 is 0. The van der Waals surface area contributed by atoms with Gasteiger partial charge in [-0.25, -0.2) is 0 Å². The zero-order chi connectivity index (χ0) is 24.8. The standard InChI is InChI=1S/C29H37N3O3/c1-20(30-2)28(34)31-26(21-11-5-3-6-12-21)29(35)32-18-10-17-25(32)23-15-9-16-24(19-23)27(33)22-13-7-4-8-14-22/h4,7-9,13-16,19-21,25-26,30H,3,5-6,10-12,17-18H2,1-2H3,(H,31,34)/t20-,25-,26-/m0/s1. The molecule has 186 valence electrons. The Morgan fingerprint density at radius 2 is 1.60 bits per heavy atom. The molecule has 0 unspecified atom stereocenters. The summed E-state index contributed by atoms with van der Waals surface area (Å²) in [7, 11) is 1.75. The molecular formula is C29H37N3O3. The molecular weight excluding hydrogens is 438 g/mol. The molecule has 2 aromatic rings. The number of carbonyl (C=O) groups excluding carboxylic acids is 3. The molecule has 1 aliphatic carbocycles. The maximum Gasteiger partial charge on any atom is 0.245 e. The lowest BCUT2D eigenvalue weighted by atomic mass is 9.83. The summed E-state index contributed by atoms with van der Waals surface area (Å²) in [6.07, 6.45) is 7.07. The molecule has 2 aromatic carbocycles. The van der Waals surface area contributed by atoms with E-state index in [0.717, 1.165) is 44.1 Å². The number of likely N-dealkylation sites (N-methyl/N-ethyl adjacent to an activating group) is 1. The van der Waals surface area contributed by atoms with Crippen LogP contribution in [0.3, 0.4) is 0 Å². The second-order valence-corrected chi connectivity index (χ2v) is 9.90. The SMILES string of the molecule is CN[C@@H](C)C(=O)N[C@H](C(=O)N1CCC[C@H]1c1cccc(C(=O)c2ccccc2)c1)C1CCCCC1. The first kappa shape index (κ1) is 25.1. The van der Waals surface area contributed by atoms with Crippen molar-refractivity contribution in [2.45, 2.75) is 70.0 Å². The van der Waals surface area contributed by atoms with E-state index in [0.29, 0.717) is 17.7 Å². The number of nitrogens with zero attached hydrogens (tertiary/aromatic N) is 1. The van der Waals surface area contributed by atoms with Crippen molar-refractivity contribution < 1.29 is 14.4 Å². The summed E-state index contributed by atoms with van der Waals surface area (Å²) in [6, 6.07) is 16.0. The fourth-order valence-corrected chi connectivity index (χ4v) is 5.46. The van der Waals surface area contributed by atoms with Crippen molar-refractivity contribution in [1.82, 2.24) is 15.5 Å². The van der Waals surface area contributed by atoms with Gasteiger partial charge in [0, 0.05) is 17.7 Å². The van der Waals surface area contributed by atoms with Gasteiger partial charge in [-0.3, -0.25) is 14.4 Å². The highest BCUT2D eigenvalue weighted by Crippen LogP contribution is 2.35. The van der Waals surface area contributed by atoms with Gasteiger partial charge in [0.25, 0.3) is 0 Å². The molecule has 3 atom stereocenters. The first-order valence-electron chi connectivity index (χ1n) is 13.0. The maximum absolute atomic E-state index is 13.9. The average molecular weight is 476 g/mol. The van der Waals surface area contributed by atoms with Crippen molar-refractivity contribution >= 4 is 17.6 Å². The molecule has 4 rings (SSSR count). The smallest absolute Gasteiger partial charge is 0.245 e. The average Bonchev–Trinajstić information content (AvgIpc) is 3.41. The van der Waals surface area contributed by atoms with Crippen LogP contribution in [0.2, 0.25) is 0 Å². The zero-order valence-corrected chi connectivity index (χ0v) is 20.8. The molecule has 1 aliphatic heterocycles. The minimum absolute atomic E-state index is 0.0100. The molecule has 0 aromatic heterocycles. The Bertz CT molecular complexity index is 1030. The summed E-state index contributed by atoms with van der Waals surface area (Å²) >= 11 is 0. The molecule has 0 radical (unpaired) electrons. The van der Waals surface area contributed by atoms with Gasteiger partial charge in [-0.2, -0.15) is 0 Å². The molecule has 6 nitrogen and oxygen atoms in total. The van der Waals surface area contributed by atoms with Gasteiger partial charge < -0.3 is 15.5 Å². The van der Waals surface area contributed by atoms with E-state index in [-0.39, 0.29) is 35.6 Å². The van der Waals surface area contributed by atoms with Gasteiger partial charge in [-0.15, -0.1) is 0 Å². The Balaban J connectivity index is 1.57. The van der Waals surface area contributed by atoms with E-state index < -0.39 is 6.04 Å². The number of nitrogens with one attached hydrogen (secondary N) is 2. The fraction of sp³-hybridized carbons (Fsp3) is 0.483. The van der Waals surface area contributed by atoms with E-state index in [1.54, 1.807) is 7.05 Å². The second-order valence-electron chi connectivity index (χ2n) is 9.90. The Hall–Kier alpha value is -2.99. The topological polar surface area (TPSA) is 78.5 Å². The molecule has 2 aliphatic rings. The molecule has 0 bridgehead atoms. The van der Waals surface area contributed by atoms with E-state index in [9.17, 15) is 14.4 Å². The van der Waals surface area contributed by atoms with Crippen LogP contribution < -0.4 is 10.6 Å². The number of likely N-dealkylation sites (tertiary alicyclic amines) is 1. The van der Waals surface area contributed by atoms with Gasteiger partial charge in [0.15, 0.2) is 5.78 Å². The minimum atomic E-state index is -0.506. The number of carbonyl (C=O) groups is 3. The number of rotatable bonds is 8. The molecule has 2 amide bonds. The molecule has 1 saturated carbocycles. The Labute approximate surface area is 208 Å². The number of hydrogen-bond acceptors (Lipinski definition) is 4. The van der Waals surface area contributed by atoms with Crippen LogP contribution in [-0.4, -0.2) is 48.2 Å². The summed E-state index contributed by atoms with van der Waals surface area (Å²) in [6.45, 7) is 2.48. The predicted octanol–water partition coefficient (Wildman–Crippen LogP) is 4.25. The summed E-state index contributed by atoms with van der Waals surface area (Å²) in [4.78, 5) is 41.7. The number of hydrogen-bond donors (Lipinski definition) is 2. The number of benzene rings is 2. The van der Waals surface area contributed by atoms with Crippen molar-refractivity contribution in [2.24, 2.45) is 5.92 Å². The van der Waals surface area contributed by atoms with E-state index in [1.807, 2.05) is 66.4 Å². The lowest BCUT2D eigenvalue weighted by molar-refractivity contribution is -0.139. The Kier molecular flexibility index (Phi) is 8.34. The molecule has 35 heavy (non-hydrogen) atoms. The Morgan fingerprint density at radius 3 is 2.31 bits per heavy atom. The highest BCUT2D eigenvalue weighted by atomic mass is 16.2. The first-order valence-corrected chi connectivity index (χ1v) is 13.0. The number of amides is 2. The minimum Gasteiger partial charge on any atom is -0.343 e. The van der Waals surface area contributed by atoms with E-state index in [2.05, 4.69) is 10.6 Å². The van der Waals surface area contributed by atoms with Crippen LogP contribution in [0.1, 0.15) is 79.4 Å². The van der Waals surface area contributed by atoms with Crippen LogP contribution in [0.5, 0.6) is 0 Å². The van der Waals surface area contributed by atoms with Crippen molar-refractivity contribution in [2.75, 3.05) is 13.6 Å². The summed E-state index contributed by atoms with van der Waals surface area (Å²) in [5.74, 6) is 0.0201. The third-order valence-electron chi connectivity index (χ3n) is 7.62. The zero-order valence-electron chi connectivity index (χ0n) is 20.8. The van der Waals surface area contributed by atoms with Gasteiger partial charge >= 0.3 is 0 Å². The predicted molar refractivity (Wildman–Crippen MR) is 137 cm³/mol. The van der Waals surface area contributed by atoms with Crippen molar-refractivity contribution in [1.29, 1.82) is 0 Å². The van der Waals surface area contributed by atoms with E-state index >= 15 is 0 Å². The van der Waals surface area contributed by atoms with E-state index in [4.69, 9.17) is 0 Å². The van der Waals surface area contributed by atoms with Crippen LogP contribution in [-0.2, 0) is 9.59 Å². The van der Waals surface area contributed by atoms with Crippen molar-refractivity contribution in [3.05, 3.63) is 71.3 Å². The van der Waals surface area contributed by atoms with Crippen LogP contribution in [0, 0.1) is 5.92 Å². The number of ketones is 1. The quantitative estimate of drug-likeness (QED) is 0.560. The molecule has 0 spiro atoms. The van der Waals surface area contributed by atoms with Gasteiger partial charge in [-0.05, 0) is 57.2 Å². The maximum atomic E-state index is 13.9. The summed E-state index contributed by atoms with van der Waals surface area (Å²) in [5, 5.41) is 6.07. The van der Waals surface area contributed by atoms with Gasteiger partial charge in [-0.1, -0.05) is 67.8 Å². The fourth-order valence-electron chi connectivity index (χ4n) is 5.46. The van der Waals surface area contributed by atoms with Gasteiger partial charge in [0.2, 0.25) is 11.8 Å². The molecule has 2 fully saturated rings. The first-order chi connectivity index (χ1) is 17.0. The van der Waals surface area contributed by atoms with Crippen LogP contribution in [0.4, 0.5) is 0 Å². The van der Waals surface area contributed by atoms with Crippen molar-refractivity contribution in [3.8, 4) is 0 Å². The van der Waals surface area contributed by atoms with Crippen molar-refractivity contribution in [3.63, 3.8) is 0 Å². The Morgan fingerprint density at radius 1 is 0.886 bits per heavy atom. The van der Waals surface area contributed by atoms with Crippen LogP contribution in [0.25, 0.3) is 0 Å².